The normalized spacial score (nSPS) is 19.0. The molecule has 1 aliphatic heterocycles. The van der Waals surface area contributed by atoms with E-state index in [9.17, 15) is 13.2 Å². The minimum Gasteiger partial charge on any atom is -0.341 e. The maximum Gasteiger partial charge on any atom is 0.243 e. The quantitative estimate of drug-likeness (QED) is 0.681. The number of likely N-dealkylation sites (tertiary alicyclic amines) is 1. The molecular weight excluding hydrogens is 415 g/mol. The van der Waals surface area contributed by atoms with Crippen molar-refractivity contribution >= 4 is 44.2 Å². The Kier molecular flexibility index (Phi) is 5.70. The number of amides is 1. The van der Waals surface area contributed by atoms with Crippen LogP contribution in [-0.2, 0) is 14.8 Å². The molecule has 1 aromatic rings. The van der Waals surface area contributed by atoms with Crippen LogP contribution in [0.1, 0.15) is 19.8 Å². The van der Waals surface area contributed by atoms with Crippen LogP contribution in [0.5, 0.6) is 0 Å². The topological polar surface area (TPSA) is 57.7 Å². The van der Waals surface area contributed by atoms with Gasteiger partial charge in [0.2, 0.25) is 15.9 Å². The highest BCUT2D eigenvalue weighted by Gasteiger charge is 2.26. The van der Waals surface area contributed by atoms with Crippen LogP contribution in [-0.4, -0.2) is 45.1 Å². The van der Waals surface area contributed by atoms with Crippen LogP contribution in [0.3, 0.4) is 0 Å². The van der Waals surface area contributed by atoms with Crippen molar-refractivity contribution in [2.75, 3.05) is 30.2 Å². The molecule has 0 aromatic heterocycles. The van der Waals surface area contributed by atoms with Crippen molar-refractivity contribution in [3.63, 3.8) is 0 Å². The number of benzene rings is 1. The van der Waals surface area contributed by atoms with E-state index in [2.05, 4.69) is 29.5 Å². The second-order valence-corrected chi connectivity index (χ2v) is 8.99. The predicted molar refractivity (Wildman–Crippen MR) is 96.3 cm³/mol. The second-order valence-electron chi connectivity index (χ2n) is 5.83. The molecule has 0 unspecified atom stereocenters. The highest BCUT2D eigenvalue weighted by molar-refractivity contribution is 14.1. The van der Waals surface area contributed by atoms with Gasteiger partial charge in [-0.2, -0.15) is 0 Å². The van der Waals surface area contributed by atoms with E-state index in [-0.39, 0.29) is 12.5 Å². The summed E-state index contributed by atoms with van der Waals surface area (Å²) >= 11 is 2.16. The van der Waals surface area contributed by atoms with Gasteiger partial charge in [-0.05, 0) is 65.6 Å². The molecule has 5 nitrogen and oxygen atoms in total. The van der Waals surface area contributed by atoms with Gasteiger partial charge in [0.1, 0.15) is 6.54 Å². The smallest absolute Gasteiger partial charge is 0.243 e. The van der Waals surface area contributed by atoms with Gasteiger partial charge in [0.05, 0.1) is 11.9 Å². The van der Waals surface area contributed by atoms with Crippen LogP contribution in [0, 0.1) is 9.49 Å². The number of carbonyl (C=O) groups excluding carboxylic acids is 1. The third kappa shape index (κ3) is 4.58. The molecule has 1 aromatic carbocycles. The van der Waals surface area contributed by atoms with Crippen molar-refractivity contribution in [2.24, 2.45) is 5.92 Å². The zero-order valence-corrected chi connectivity index (χ0v) is 15.8. The first-order chi connectivity index (χ1) is 10.3. The van der Waals surface area contributed by atoms with Crippen LogP contribution in [0.2, 0.25) is 0 Å². The standard InChI is InChI=1S/C15H21IN2O3S/c1-12-4-3-9-17(10-12)15(19)11-18(22(2,20)21)14-7-5-13(16)6-8-14/h5-8,12H,3-4,9-11H2,1-2H3/t12-/m1/s1. The summed E-state index contributed by atoms with van der Waals surface area (Å²) in [5.41, 5.74) is 0.529. The maximum absolute atomic E-state index is 12.5. The van der Waals surface area contributed by atoms with Gasteiger partial charge in [-0.1, -0.05) is 6.92 Å². The molecule has 1 atom stereocenters. The number of carbonyl (C=O) groups is 1. The molecule has 0 saturated carbocycles. The Labute approximate surface area is 145 Å². The summed E-state index contributed by atoms with van der Waals surface area (Å²) in [6.45, 7) is 3.41. The van der Waals surface area contributed by atoms with Crippen molar-refractivity contribution in [1.82, 2.24) is 4.90 Å². The van der Waals surface area contributed by atoms with Gasteiger partial charge in [-0.25, -0.2) is 8.42 Å². The monoisotopic (exact) mass is 436 g/mol. The van der Waals surface area contributed by atoms with E-state index in [1.807, 2.05) is 12.1 Å². The van der Waals surface area contributed by atoms with Crippen molar-refractivity contribution < 1.29 is 13.2 Å². The number of hydrogen-bond acceptors (Lipinski definition) is 3. The average molecular weight is 436 g/mol. The molecule has 7 heteroatoms. The molecule has 0 spiro atoms. The minimum atomic E-state index is -3.49. The maximum atomic E-state index is 12.5. The lowest BCUT2D eigenvalue weighted by Crippen LogP contribution is -2.46. The fourth-order valence-corrected chi connectivity index (χ4v) is 3.86. The van der Waals surface area contributed by atoms with Gasteiger partial charge >= 0.3 is 0 Å². The molecule has 2 rings (SSSR count). The van der Waals surface area contributed by atoms with Crippen LogP contribution in [0.4, 0.5) is 5.69 Å². The van der Waals surface area contributed by atoms with Gasteiger partial charge in [-0.15, -0.1) is 0 Å². The Balaban J connectivity index is 2.17. The summed E-state index contributed by atoms with van der Waals surface area (Å²) in [7, 11) is -3.49. The number of rotatable bonds is 4. The number of nitrogens with zero attached hydrogens (tertiary/aromatic N) is 2. The SMILES string of the molecule is C[C@@H]1CCCN(C(=O)CN(c2ccc(I)cc2)S(C)(=O)=O)C1. The molecule has 1 aliphatic rings. The molecule has 1 fully saturated rings. The van der Waals surface area contributed by atoms with E-state index >= 15 is 0 Å². The van der Waals surface area contributed by atoms with Crippen molar-refractivity contribution in [3.05, 3.63) is 27.8 Å². The zero-order chi connectivity index (χ0) is 16.3. The molecular formula is C15H21IN2O3S. The van der Waals surface area contributed by atoms with Crippen LogP contribution >= 0.6 is 22.6 Å². The van der Waals surface area contributed by atoms with Gasteiger partial charge in [-0.3, -0.25) is 9.10 Å². The molecule has 0 radical (unpaired) electrons. The van der Waals surface area contributed by atoms with Crippen molar-refractivity contribution in [2.45, 2.75) is 19.8 Å². The van der Waals surface area contributed by atoms with Gasteiger partial charge < -0.3 is 4.90 Å². The molecule has 0 aliphatic carbocycles. The lowest BCUT2D eigenvalue weighted by atomic mass is 10.0. The van der Waals surface area contributed by atoms with Gasteiger partial charge in [0, 0.05) is 16.7 Å². The molecule has 22 heavy (non-hydrogen) atoms. The van der Waals surface area contributed by atoms with Crippen LogP contribution in [0.25, 0.3) is 0 Å². The Morgan fingerprint density at radius 2 is 2.00 bits per heavy atom. The van der Waals surface area contributed by atoms with E-state index in [0.717, 1.165) is 22.7 Å². The molecule has 1 saturated heterocycles. The van der Waals surface area contributed by atoms with Crippen LogP contribution in [0.15, 0.2) is 24.3 Å². The van der Waals surface area contributed by atoms with Gasteiger partial charge in [0.15, 0.2) is 0 Å². The molecule has 122 valence electrons. The Morgan fingerprint density at radius 1 is 1.36 bits per heavy atom. The van der Waals surface area contributed by atoms with E-state index in [0.29, 0.717) is 24.7 Å². The van der Waals surface area contributed by atoms with E-state index in [4.69, 9.17) is 0 Å². The highest BCUT2D eigenvalue weighted by atomic mass is 127. The second kappa shape index (κ2) is 7.16. The molecule has 0 N–H and O–H groups in total. The number of piperidine rings is 1. The lowest BCUT2D eigenvalue weighted by molar-refractivity contribution is -0.131. The summed E-state index contributed by atoms with van der Waals surface area (Å²) in [5, 5.41) is 0. The van der Waals surface area contributed by atoms with Gasteiger partial charge in [0.25, 0.3) is 0 Å². The highest BCUT2D eigenvalue weighted by Crippen LogP contribution is 2.21. The third-order valence-corrected chi connectivity index (χ3v) is 5.66. The third-order valence-electron chi connectivity index (χ3n) is 3.80. The van der Waals surface area contributed by atoms with Crippen LogP contribution < -0.4 is 4.31 Å². The molecule has 0 bridgehead atoms. The Bertz CT molecular complexity index is 631. The fraction of sp³-hybridized carbons (Fsp3) is 0.533. The fourth-order valence-electron chi connectivity index (χ4n) is 2.65. The minimum absolute atomic E-state index is 0.129. The summed E-state index contributed by atoms with van der Waals surface area (Å²) < 4.78 is 26.3. The van der Waals surface area contributed by atoms with Crippen molar-refractivity contribution in [1.29, 1.82) is 0 Å². The zero-order valence-electron chi connectivity index (χ0n) is 12.8. The summed E-state index contributed by atoms with van der Waals surface area (Å²) in [6, 6.07) is 7.13. The number of sulfonamides is 1. The number of hydrogen-bond donors (Lipinski definition) is 0. The largest absolute Gasteiger partial charge is 0.341 e. The number of halogens is 1. The number of anilines is 1. The van der Waals surface area contributed by atoms with E-state index in [1.54, 1.807) is 17.0 Å². The Morgan fingerprint density at radius 3 is 2.55 bits per heavy atom. The first kappa shape index (κ1) is 17.5. The van der Waals surface area contributed by atoms with E-state index in [1.165, 1.54) is 4.31 Å². The van der Waals surface area contributed by atoms with Crippen molar-refractivity contribution in [3.8, 4) is 0 Å². The summed E-state index contributed by atoms with van der Waals surface area (Å²) in [5.74, 6) is 0.346. The predicted octanol–water partition coefficient (Wildman–Crippen LogP) is 2.32. The lowest BCUT2D eigenvalue weighted by Gasteiger charge is -2.33. The van der Waals surface area contributed by atoms with E-state index < -0.39 is 10.0 Å². The summed E-state index contributed by atoms with van der Waals surface area (Å²) in [4.78, 5) is 14.2. The first-order valence-corrected chi connectivity index (χ1v) is 10.2. The first-order valence-electron chi connectivity index (χ1n) is 7.28. The molecule has 1 amide bonds. The summed E-state index contributed by atoms with van der Waals surface area (Å²) in [6.07, 6.45) is 3.24. The average Bonchev–Trinajstić information content (AvgIpc) is 2.44. The Hall–Kier alpha value is -0.830. The molecule has 1 heterocycles.